The lowest BCUT2D eigenvalue weighted by Crippen LogP contribution is -2.14. The Morgan fingerprint density at radius 2 is 1.74 bits per heavy atom. The Labute approximate surface area is 155 Å². The summed E-state index contributed by atoms with van der Waals surface area (Å²) >= 11 is 0. The van der Waals surface area contributed by atoms with Crippen molar-refractivity contribution in [2.75, 3.05) is 5.32 Å². The fourth-order valence-electron chi connectivity index (χ4n) is 2.73. The van der Waals surface area contributed by atoms with E-state index in [4.69, 9.17) is 9.15 Å². The van der Waals surface area contributed by atoms with Crippen molar-refractivity contribution in [3.63, 3.8) is 0 Å². The van der Waals surface area contributed by atoms with Gasteiger partial charge in [0, 0.05) is 5.56 Å². The first-order valence-corrected chi connectivity index (χ1v) is 8.46. The van der Waals surface area contributed by atoms with E-state index in [1.807, 2.05) is 60.7 Å². The van der Waals surface area contributed by atoms with Gasteiger partial charge in [0.1, 0.15) is 23.7 Å². The minimum Gasteiger partial charge on any atom is -0.463 e. The van der Waals surface area contributed by atoms with E-state index < -0.39 is 6.09 Å². The van der Waals surface area contributed by atoms with Crippen molar-refractivity contribution in [3.8, 4) is 22.7 Å². The van der Waals surface area contributed by atoms with Crippen LogP contribution >= 0.6 is 0 Å². The monoisotopic (exact) mass is 359 g/mol. The molecule has 6 nitrogen and oxygen atoms in total. The molecule has 4 rings (SSSR count). The number of ether oxygens (including phenoxy) is 1. The molecule has 27 heavy (non-hydrogen) atoms. The number of carbonyl (C=O) groups is 1. The van der Waals surface area contributed by atoms with Crippen molar-refractivity contribution in [1.82, 2.24) is 10.2 Å². The number of anilines is 1. The van der Waals surface area contributed by atoms with Gasteiger partial charge < -0.3 is 9.15 Å². The normalized spacial score (nSPS) is 10.5. The van der Waals surface area contributed by atoms with E-state index in [0.29, 0.717) is 22.8 Å². The molecular weight excluding hydrogens is 342 g/mol. The van der Waals surface area contributed by atoms with E-state index in [0.717, 1.165) is 11.1 Å². The number of aromatic nitrogens is 2. The van der Waals surface area contributed by atoms with Crippen LogP contribution in [0.3, 0.4) is 0 Å². The molecule has 0 saturated heterocycles. The Balaban J connectivity index is 1.60. The predicted molar refractivity (Wildman–Crippen MR) is 102 cm³/mol. The Kier molecular flexibility index (Phi) is 4.70. The first kappa shape index (κ1) is 16.7. The molecule has 6 heteroatoms. The molecule has 0 aliphatic carbocycles. The Morgan fingerprint density at radius 3 is 2.44 bits per heavy atom. The van der Waals surface area contributed by atoms with Crippen molar-refractivity contribution >= 4 is 11.8 Å². The average molecular weight is 359 g/mol. The Bertz CT molecular complexity index is 1010. The average Bonchev–Trinajstić information content (AvgIpc) is 3.38. The second kappa shape index (κ2) is 7.61. The van der Waals surface area contributed by atoms with Gasteiger partial charge in [0.15, 0.2) is 5.76 Å². The highest BCUT2D eigenvalue weighted by Gasteiger charge is 2.20. The minimum absolute atomic E-state index is 0.182. The van der Waals surface area contributed by atoms with E-state index >= 15 is 0 Å². The van der Waals surface area contributed by atoms with Crippen molar-refractivity contribution < 1.29 is 13.9 Å². The number of hydrogen-bond donors (Lipinski definition) is 2. The maximum atomic E-state index is 12.4. The maximum absolute atomic E-state index is 12.4. The van der Waals surface area contributed by atoms with Crippen LogP contribution in [-0.2, 0) is 11.3 Å². The number of H-pyrrole nitrogens is 1. The standard InChI is InChI=1S/C21H17N3O3/c25-21(27-14-15-8-3-1-4-9-15)22-20-18(16-10-5-2-6-11-16)23-24-19(20)17-12-7-13-26-17/h1-13H,14H2,(H,22,25)(H,23,24). The van der Waals surface area contributed by atoms with Gasteiger partial charge in [0.2, 0.25) is 0 Å². The number of furan rings is 1. The van der Waals surface area contributed by atoms with E-state index in [9.17, 15) is 4.79 Å². The minimum atomic E-state index is -0.565. The summed E-state index contributed by atoms with van der Waals surface area (Å²) in [5, 5.41) is 10.1. The molecule has 1 amide bonds. The fourth-order valence-corrected chi connectivity index (χ4v) is 2.73. The number of nitrogens with one attached hydrogen (secondary N) is 2. The highest BCUT2D eigenvalue weighted by molar-refractivity contribution is 5.96. The second-order valence-corrected chi connectivity index (χ2v) is 5.85. The summed E-state index contributed by atoms with van der Waals surface area (Å²) in [5.41, 5.74) is 3.47. The van der Waals surface area contributed by atoms with Gasteiger partial charge in [-0.1, -0.05) is 60.7 Å². The third-order valence-electron chi connectivity index (χ3n) is 4.02. The van der Waals surface area contributed by atoms with Gasteiger partial charge in [-0.2, -0.15) is 5.10 Å². The second-order valence-electron chi connectivity index (χ2n) is 5.85. The predicted octanol–water partition coefficient (Wildman–Crippen LogP) is 5.09. The van der Waals surface area contributed by atoms with Crippen molar-refractivity contribution in [1.29, 1.82) is 0 Å². The third-order valence-corrected chi connectivity index (χ3v) is 4.02. The van der Waals surface area contributed by atoms with E-state index in [1.165, 1.54) is 0 Å². The van der Waals surface area contributed by atoms with E-state index in [1.54, 1.807) is 18.4 Å². The zero-order chi connectivity index (χ0) is 18.5. The van der Waals surface area contributed by atoms with Gasteiger partial charge in [0.25, 0.3) is 0 Å². The molecule has 0 spiro atoms. The highest BCUT2D eigenvalue weighted by atomic mass is 16.5. The van der Waals surface area contributed by atoms with Crippen molar-refractivity contribution in [3.05, 3.63) is 84.6 Å². The number of nitrogens with zero attached hydrogens (tertiary/aromatic N) is 1. The Hall–Kier alpha value is -3.80. The fraction of sp³-hybridized carbons (Fsp3) is 0.0476. The molecule has 0 aliphatic rings. The molecule has 2 aromatic carbocycles. The first-order valence-electron chi connectivity index (χ1n) is 8.46. The van der Waals surface area contributed by atoms with Crippen LogP contribution in [0.4, 0.5) is 10.5 Å². The van der Waals surface area contributed by atoms with Crippen LogP contribution in [0.2, 0.25) is 0 Å². The maximum Gasteiger partial charge on any atom is 0.412 e. The lowest BCUT2D eigenvalue weighted by atomic mass is 10.1. The largest absolute Gasteiger partial charge is 0.463 e. The number of hydrogen-bond acceptors (Lipinski definition) is 4. The Morgan fingerprint density at radius 1 is 1.00 bits per heavy atom. The molecule has 0 aliphatic heterocycles. The summed E-state index contributed by atoms with van der Waals surface area (Å²) in [5.74, 6) is 0.572. The number of benzene rings is 2. The lowest BCUT2D eigenvalue weighted by molar-refractivity contribution is 0.155. The van der Waals surface area contributed by atoms with Gasteiger partial charge in [-0.15, -0.1) is 0 Å². The summed E-state index contributed by atoms with van der Waals surface area (Å²) in [6.45, 7) is 0.182. The zero-order valence-electron chi connectivity index (χ0n) is 14.4. The molecule has 2 heterocycles. The SMILES string of the molecule is O=C(Nc1c(-c2ccccc2)n[nH]c1-c1ccco1)OCc1ccccc1. The van der Waals surface area contributed by atoms with Crippen molar-refractivity contribution in [2.24, 2.45) is 0 Å². The molecular formula is C21H17N3O3. The van der Waals surface area contributed by atoms with Crippen LogP contribution in [0.25, 0.3) is 22.7 Å². The molecule has 0 bridgehead atoms. The number of carbonyl (C=O) groups excluding carboxylic acids is 1. The van der Waals surface area contributed by atoms with Crippen LogP contribution in [0.5, 0.6) is 0 Å². The summed E-state index contributed by atoms with van der Waals surface area (Å²) in [6, 6.07) is 22.7. The molecule has 0 saturated carbocycles. The van der Waals surface area contributed by atoms with Gasteiger partial charge in [-0.05, 0) is 17.7 Å². The van der Waals surface area contributed by atoms with Crippen LogP contribution in [0.15, 0.2) is 83.5 Å². The van der Waals surface area contributed by atoms with Crippen LogP contribution < -0.4 is 5.32 Å². The number of aromatic amines is 1. The third kappa shape index (κ3) is 3.74. The van der Waals surface area contributed by atoms with E-state index in [-0.39, 0.29) is 6.61 Å². The van der Waals surface area contributed by atoms with Gasteiger partial charge >= 0.3 is 6.09 Å². The molecule has 0 fully saturated rings. The molecule has 0 atom stereocenters. The highest BCUT2D eigenvalue weighted by Crippen LogP contribution is 2.35. The van der Waals surface area contributed by atoms with Gasteiger partial charge in [-0.3, -0.25) is 10.4 Å². The molecule has 134 valence electrons. The van der Waals surface area contributed by atoms with Gasteiger partial charge in [0.05, 0.1) is 6.26 Å². The number of rotatable bonds is 5. The van der Waals surface area contributed by atoms with Crippen LogP contribution in [0, 0.1) is 0 Å². The molecule has 2 aromatic heterocycles. The molecule has 4 aromatic rings. The smallest absolute Gasteiger partial charge is 0.412 e. The zero-order valence-corrected chi connectivity index (χ0v) is 14.4. The molecule has 2 N–H and O–H groups in total. The van der Waals surface area contributed by atoms with Crippen LogP contribution in [-0.4, -0.2) is 16.3 Å². The first-order chi connectivity index (χ1) is 13.3. The summed E-state index contributed by atoms with van der Waals surface area (Å²) in [6.07, 6.45) is 1.00. The summed E-state index contributed by atoms with van der Waals surface area (Å²) < 4.78 is 10.8. The van der Waals surface area contributed by atoms with Gasteiger partial charge in [-0.25, -0.2) is 4.79 Å². The van der Waals surface area contributed by atoms with Crippen molar-refractivity contribution in [2.45, 2.75) is 6.61 Å². The topological polar surface area (TPSA) is 80.2 Å². The number of amides is 1. The summed E-state index contributed by atoms with van der Waals surface area (Å²) in [4.78, 5) is 12.4. The quantitative estimate of drug-likeness (QED) is 0.520. The van der Waals surface area contributed by atoms with Crippen LogP contribution in [0.1, 0.15) is 5.56 Å². The lowest BCUT2D eigenvalue weighted by Gasteiger charge is -2.09. The summed E-state index contributed by atoms with van der Waals surface area (Å²) in [7, 11) is 0. The molecule has 0 unspecified atom stereocenters. The molecule has 0 radical (unpaired) electrons. The van der Waals surface area contributed by atoms with E-state index in [2.05, 4.69) is 15.5 Å².